The second kappa shape index (κ2) is 3.29. The lowest BCUT2D eigenvalue weighted by atomic mass is 10.0. The van der Waals surface area contributed by atoms with Gasteiger partial charge in [0.2, 0.25) is 0 Å². The highest BCUT2D eigenvalue weighted by Gasteiger charge is 2.18. The molecule has 74 valence electrons. The number of anilines is 1. The van der Waals surface area contributed by atoms with Crippen LogP contribution in [0.2, 0.25) is 0 Å². The molecule has 0 aromatic carbocycles. The maximum absolute atomic E-state index is 11.4. The molecule has 4 heteroatoms. The Morgan fingerprint density at radius 1 is 1.43 bits per heavy atom. The first-order valence-electron chi connectivity index (χ1n) is 4.70. The molecular weight excluding hydrogens is 178 g/mol. The summed E-state index contributed by atoms with van der Waals surface area (Å²) in [6.45, 7) is 4.69. The van der Waals surface area contributed by atoms with Crippen LogP contribution in [0.4, 0.5) is 5.69 Å². The molecule has 4 nitrogen and oxygen atoms in total. The second-order valence-corrected chi connectivity index (χ2v) is 3.68. The number of pyridine rings is 1. The van der Waals surface area contributed by atoms with Gasteiger partial charge in [-0.3, -0.25) is 4.79 Å². The minimum atomic E-state index is -0.103. The van der Waals surface area contributed by atoms with Crippen molar-refractivity contribution in [3.63, 3.8) is 0 Å². The number of hydrogen-bond acceptors (Lipinski definition) is 3. The van der Waals surface area contributed by atoms with Crippen molar-refractivity contribution in [1.82, 2.24) is 10.3 Å². The Morgan fingerprint density at radius 2 is 2.21 bits per heavy atom. The smallest absolute Gasteiger partial charge is 0.273 e. The molecule has 1 aromatic rings. The molecule has 2 heterocycles. The summed E-state index contributed by atoms with van der Waals surface area (Å²) in [5.74, 6) is 0.327. The zero-order valence-corrected chi connectivity index (χ0v) is 8.29. The Hall–Kier alpha value is -1.58. The van der Waals surface area contributed by atoms with E-state index in [2.05, 4.69) is 29.5 Å². The van der Waals surface area contributed by atoms with Gasteiger partial charge in [0, 0.05) is 6.20 Å². The van der Waals surface area contributed by atoms with Crippen LogP contribution in [0.25, 0.3) is 0 Å². The molecule has 2 N–H and O–H groups in total. The highest BCUT2D eigenvalue weighted by atomic mass is 16.2. The molecule has 0 bridgehead atoms. The van der Waals surface area contributed by atoms with Gasteiger partial charge in [0.25, 0.3) is 5.91 Å². The summed E-state index contributed by atoms with van der Waals surface area (Å²) in [5, 5.41) is 5.77. The van der Waals surface area contributed by atoms with Gasteiger partial charge in [-0.2, -0.15) is 0 Å². The number of nitrogens with one attached hydrogen (secondary N) is 2. The van der Waals surface area contributed by atoms with Gasteiger partial charge >= 0.3 is 0 Å². The van der Waals surface area contributed by atoms with Crippen molar-refractivity contribution in [2.75, 3.05) is 12.0 Å². The minimum Gasteiger partial charge on any atom is -0.366 e. The second-order valence-electron chi connectivity index (χ2n) is 3.68. The van der Waals surface area contributed by atoms with E-state index in [4.69, 9.17) is 0 Å². The molecule has 0 saturated carbocycles. The summed E-state index contributed by atoms with van der Waals surface area (Å²) in [4.78, 5) is 15.5. The Morgan fingerprint density at radius 3 is 2.93 bits per heavy atom. The van der Waals surface area contributed by atoms with Crippen LogP contribution in [0.1, 0.15) is 35.8 Å². The van der Waals surface area contributed by atoms with Crippen molar-refractivity contribution in [3.8, 4) is 0 Å². The Labute approximate surface area is 82.7 Å². The van der Waals surface area contributed by atoms with E-state index in [-0.39, 0.29) is 5.91 Å². The van der Waals surface area contributed by atoms with Gasteiger partial charge in [0.1, 0.15) is 0 Å². The van der Waals surface area contributed by atoms with Gasteiger partial charge in [-0.1, -0.05) is 13.8 Å². The summed E-state index contributed by atoms with van der Waals surface area (Å²) in [7, 11) is 0. The van der Waals surface area contributed by atoms with Gasteiger partial charge in [-0.25, -0.2) is 4.98 Å². The number of carbonyl (C=O) groups excluding carboxylic acids is 1. The molecular formula is C10H13N3O. The Bertz CT molecular complexity index is 374. The highest BCUT2D eigenvalue weighted by molar-refractivity contribution is 5.99. The summed E-state index contributed by atoms with van der Waals surface area (Å²) in [6.07, 6.45) is 1.76. The van der Waals surface area contributed by atoms with Crippen LogP contribution in [-0.4, -0.2) is 17.6 Å². The average Bonchev–Trinajstić information content (AvgIpc) is 2.17. The molecule has 0 saturated heterocycles. The third-order valence-corrected chi connectivity index (χ3v) is 2.32. The normalized spacial score (nSPS) is 14.6. The largest absolute Gasteiger partial charge is 0.366 e. The molecule has 1 aromatic heterocycles. The van der Waals surface area contributed by atoms with Crippen LogP contribution in [0.3, 0.4) is 0 Å². The number of rotatable bonds is 1. The Balaban J connectivity index is 2.44. The van der Waals surface area contributed by atoms with Gasteiger partial charge in [-0.15, -0.1) is 0 Å². The average molecular weight is 191 g/mol. The standard InChI is InChI=1S/C10H13N3O/c1-6(2)7-3-8-9(11-4-7)10(14)13-5-12-8/h3-4,6,12H,5H2,1-2H3,(H,13,14). The molecule has 1 aliphatic rings. The van der Waals surface area contributed by atoms with Crippen LogP contribution < -0.4 is 10.6 Å². The maximum atomic E-state index is 11.4. The summed E-state index contributed by atoms with van der Waals surface area (Å²) in [5.41, 5.74) is 2.46. The predicted molar refractivity (Wildman–Crippen MR) is 54.3 cm³/mol. The summed E-state index contributed by atoms with van der Waals surface area (Å²) in [6, 6.07) is 1.99. The molecule has 0 aliphatic carbocycles. The molecule has 1 aliphatic heterocycles. The molecule has 0 spiro atoms. The van der Waals surface area contributed by atoms with Crippen LogP contribution in [0.15, 0.2) is 12.3 Å². The molecule has 1 amide bonds. The number of carbonyl (C=O) groups is 1. The first-order chi connectivity index (χ1) is 6.68. The fourth-order valence-electron chi connectivity index (χ4n) is 1.42. The van der Waals surface area contributed by atoms with Gasteiger partial charge < -0.3 is 10.6 Å². The topological polar surface area (TPSA) is 54.0 Å². The van der Waals surface area contributed by atoms with E-state index in [1.54, 1.807) is 6.20 Å². The molecule has 0 fully saturated rings. The number of fused-ring (bicyclic) bond motifs is 1. The zero-order chi connectivity index (χ0) is 10.1. The molecule has 0 radical (unpaired) electrons. The maximum Gasteiger partial charge on any atom is 0.273 e. The number of hydrogen-bond donors (Lipinski definition) is 2. The number of aromatic nitrogens is 1. The van der Waals surface area contributed by atoms with E-state index in [0.717, 1.165) is 11.3 Å². The number of nitrogens with zero attached hydrogens (tertiary/aromatic N) is 1. The van der Waals surface area contributed by atoms with Gasteiger partial charge in [-0.05, 0) is 17.5 Å². The van der Waals surface area contributed by atoms with Crippen LogP contribution >= 0.6 is 0 Å². The lowest BCUT2D eigenvalue weighted by Gasteiger charge is -2.18. The first kappa shape index (κ1) is 8.99. The van der Waals surface area contributed by atoms with E-state index < -0.39 is 0 Å². The fourth-order valence-corrected chi connectivity index (χ4v) is 1.42. The number of amides is 1. The van der Waals surface area contributed by atoms with Crippen molar-refractivity contribution in [1.29, 1.82) is 0 Å². The SMILES string of the molecule is CC(C)c1cnc2c(c1)NCNC2=O. The first-order valence-corrected chi connectivity index (χ1v) is 4.70. The Kier molecular flexibility index (Phi) is 2.11. The van der Waals surface area contributed by atoms with E-state index in [1.165, 1.54) is 0 Å². The van der Waals surface area contributed by atoms with Crippen molar-refractivity contribution in [3.05, 3.63) is 23.5 Å². The van der Waals surface area contributed by atoms with E-state index >= 15 is 0 Å². The fraction of sp³-hybridized carbons (Fsp3) is 0.400. The monoisotopic (exact) mass is 191 g/mol. The van der Waals surface area contributed by atoms with E-state index in [9.17, 15) is 4.79 Å². The zero-order valence-electron chi connectivity index (χ0n) is 8.29. The van der Waals surface area contributed by atoms with Crippen molar-refractivity contribution >= 4 is 11.6 Å². The predicted octanol–water partition coefficient (Wildman–Crippen LogP) is 1.32. The molecule has 0 unspecified atom stereocenters. The summed E-state index contributed by atoms with van der Waals surface area (Å²) < 4.78 is 0. The lowest BCUT2D eigenvalue weighted by Crippen LogP contribution is -2.35. The van der Waals surface area contributed by atoms with Gasteiger partial charge in [0.15, 0.2) is 5.69 Å². The highest BCUT2D eigenvalue weighted by Crippen LogP contribution is 2.21. The molecule has 0 atom stereocenters. The lowest BCUT2D eigenvalue weighted by molar-refractivity contribution is 0.0947. The summed E-state index contributed by atoms with van der Waals surface area (Å²) >= 11 is 0. The molecule has 14 heavy (non-hydrogen) atoms. The quantitative estimate of drug-likeness (QED) is 0.703. The third kappa shape index (κ3) is 1.43. The third-order valence-electron chi connectivity index (χ3n) is 2.32. The van der Waals surface area contributed by atoms with Crippen molar-refractivity contribution in [2.24, 2.45) is 0 Å². The minimum absolute atomic E-state index is 0.103. The molecule has 2 rings (SSSR count). The van der Waals surface area contributed by atoms with Crippen LogP contribution in [0, 0.1) is 0 Å². The van der Waals surface area contributed by atoms with Crippen LogP contribution in [-0.2, 0) is 0 Å². The van der Waals surface area contributed by atoms with Crippen molar-refractivity contribution in [2.45, 2.75) is 19.8 Å². The van der Waals surface area contributed by atoms with E-state index in [1.807, 2.05) is 6.07 Å². The van der Waals surface area contributed by atoms with E-state index in [0.29, 0.717) is 18.3 Å². The van der Waals surface area contributed by atoms with Gasteiger partial charge in [0.05, 0.1) is 12.4 Å². The van der Waals surface area contributed by atoms with Crippen LogP contribution in [0.5, 0.6) is 0 Å². The van der Waals surface area contributed by atoms with Crippen molar-refractivity contribution < 1.29 is 4.79 Å².